The molecule has 4 rings (SSSR count). The van der Waals surface area contributed by atoms with E-state index in [0.29, 0.717) is 21.0 Å². The van der Waals surface area contributed by atoms with E-state index in [-0.39, 0.29) is 15.8 Å². The lowest BCUT2D eigenvalue weighted by molar-refractivity contribution is -0.137. The number of imide groups is 1. The first-order valence-electron chi connectivity index (χ1n) is 9.46. The highest BCUT2D eigenvalue weighted by molar-refractivity contribution is 8.18. The highest BCUT2D eigenvalue weighted by Gasteiger charge is 2.30. The van der Waals surface area contributed by atoms with E-state index in [0.717, 1.165) is 35.2 Å². The normalized spacial score (nSPS) is 15.0. The summed E-state index contributed by atoms with van der Waals surface area (Å²) in [5.41, 5.74) is 0.772. The van der Waals surface area contributed by atoms with E-state index in [1.165, 1.54) is 17.8 Å². The molecule has 2 heterocycles. The number of nitrogens with one attached hydrogen (secondary N) is 2. The molecule has 0 spiro atoms. The number of hydrogen-bond donors (Lipinski definition) is 2. The van der Waals surface area contributed by atoms with Crippen LogP contribution in [0.15, 0.2) is 57.8 Å². The van der Waals surface area contributed by atoms with Crippen LogP contribution in [0.4, 0.5) is 23.1 Å². The number of carbonyl (C=O) groups excluding carboxylic acids is 3. The zero-order valence-electron chi connectivity index (χ0n) is 16.9. The fraction of sp³-hybridized carbons (Fsp3) is 0.0952. The van der Waals surface area contributed by atoms with Gasteiger partial charge >= 0.3 is 6.18 Å². The number of alkyl halides is 3. The minimum Gasteiger partial charge on any atom is -0.296 e. The van der Waals surface area contributed by atoms with E-state index in [1.54, 1.807) is 36.4 Å². The molecule has 0 aliphatic carbocycles. The zero-order chi connectivity index (χ0) is 24.3. The van der Waals surface area contributed by atoms with Crippen molar-refractivity contribution in [3.8, 4) is 0 Å². The average Bonchev–Trinajstić information content (AvgIpc) is 3.37. The van der Waals surface area contributed by atoms with Crippen molar-refractivity contribution < 1.29 is 27.6 Å². The SMILES string of the molecule is O=C1NC(=O)/C(=C\c2ccc(C(=O)Nc3nnc(SCc4cccc(C(F)(F)F)c4)s3)cc2)S1. The van der Waals surface area contributed by atoms with Gasteiger partial charge in [-0.15, -0.1) is 10.2 Å². The molecule has 2 aromatic carbocycles. The van der Waals surface area contributed by atoms with Crippen LogP contribution in [-0.2, 0) is 16.7 Å². The Balaban J connectivity index is 1.34. The monoisotopic (exact) mass is 522 g/mol. The van der Waals surface area contributed by atoms with Gasteiger partial charge in [-0.05, 0) is 47.2 Å². The minimum absolute atomic E-state index is 0.250. The summed E-state index contributed by atoms with van der Waals surface area (Å²) >= 11 is 3.13. The Bertz CT molecular complexity index is 1290. The van der Waals surface area contributed by atoms with Crippen molar-refractivity contribution in [2.75, 3.05) is 5.32 Å². The second-order valence-corrected chi connectivity index (χ2v) is 10.0. The Morgan fingerprint density at radius 3 is 2.56 bits per heavy atom. The average molecular weight is 523 g/mol. The van der Waals surface area contributed by atoms with Gasteiger partial charge in [0.25, 0.3) is 17.1 Å². The molecule has 0 saturated carbocycles. The van der Waals surface area contributed by atoms with Gasteiger partial charge in [0.15, 0.2) is 4.34 Å². The van der Waals surface area contributed by atoms with Gasteiger partial charge in [0.1, 0.15) is 0 Å². The number of aromatic nitrogens is 2. The largest absolute Gasteiger partial charge is 0.416 e. The van der Waals surface area contributed by atoms with Gasteiger partial charge in [0.05, 0.1) is 10.5 Å². The third-order valence-corrected chi connectivity index (χ3v) is 7.21. The van der Waals surface area contributed by atoms with Crippen LogP contribution in [0.25, 0.3) is 6.08 Å². The van der Waals surface area contributed by atoms with Crippen LogP contribution in [-0.4, -0.2) is 27.3 Å². The predicted octanol–water partition coefficient (Wildman–Crippen LogP) is 5.43. The molecule has 1 saturated heterocycles. The first kappa shape index (κ1) is 24.0. The number of thioether (sulfide) groups is 2. The second kappa shape index (κ2) is 9.99. The molecule has 1 aliphatic rings. The Morgan fingerprint density at radius 2 is 1.88 bits per heavy atom. The van der Waals surface area contributed by atoms with Crippen LogP contribution in [0, 0.1) is 0 Å². The summed E-state index contributed by atoms with van der Waals surface area (Å²) in [6.45, 7) is 0. The molecule has 2 N–H and O–H groups in total. The Labute approximate surface area is 203 Å². The molecule has 0 atom stereocenters. The molecule has 1 fully saturated rings. The van der Waals surface area contributed by atoms with Gasteiger partial charge in [-0.2, -0.15) is 13.2 Å². The van der Waals surface area contributed by atoms with Gasteiger partial charge in [0, 0.05) is 11.3 Å². The summed E-state index contributed by atoms with van der Waals surface area (Å²) in [5.74, 6) is -0.617. The summed E-state index contributed by atoms with van der Waals surface area (Å²) < 4.78 is 39.0. The van der Waals surface area contributed by atoms with E-state index in [2.05, 4.69) is 20.8 Å². The van der Waals surface area contributed by atoms with Crippen LogP contribution >= 0.6 is 34.9 Å². The molecular weight excluding hydrogens is 509 g/mol. The Kier molecular flexibility index (Phi) is 7.05. The number of rotatable bonds is 6. The molecule has 13 heteroatoms. The van der Waals surface area contributed by atoms with Crippen molar-refractivity contribution in [3.63, 3.8) is 0 Å². The summed E-state index contributed by atoms with van der Waals surface area (Å²) in [5, 5.41) is 12.5. The molecular formula is C21H13F3N4O3S3. The molecule has 34 heavy (non-hydrogen) atoms. The minimum atomic E-state index is -4.40. The predicted molar refractivity (Wildman–Crippen MR) is 124 cm³/mol. The van der Waals surface area contributed by atoms with Gasteiger partial charge < -0.3 is 0 Å². The highest BCUT2D eigenvalue weighted by atomic mass is 32.2. The number of anilines is 1. The molecule has 3 amide bonds. The molecule has 174 valence electrons. The molecule has 0 radical (unpaired) electrons. The van der Waals surface area contributed by atoms with Crippen LogP contribution < -0.4 is 10.6 Å². The molecule has 7 nitrogen and oxygen atoms in total. The van der Waals surface area contributed by atoms with Gasteiger partial charge in [-0.3, -0.25) is 25.0 Å². The molecule has 0 unspecified atom stereocenters. The summed E-state index contributed by atoms with van der Waals surface area (Å²) in [6.07, 6.45) is -2.86. The van der Waals surface area contributed by atoms with Gasteiger partial charge in [-0.1, -0.05) is 53.4 Å². The van der Waals surface area contributed by atoms with Crippen molar-refractivity contribution in [1.82, 2.24) is 15.5 Å². The lowest BCUT2D eigenvalue weighted by atomic mass is 10.1. The fourth-order valence-electron chi connectivity index (χ4n) is 2.77. The Hall–Kier alpha value is -3.16. The number of halogens is 3. The highest BCUT2D eigenvalue weighted by Crippen LogP contribution is 2.32. The van der Waals surface area contributed by atoms with E-state index in [9.17, 15) is 27.6 Å². The maximum atomic E-state index is 12.8. The topological polar surface area (TPSA) is 101 Å². The lowest BCUT2D eigenvalue weighted by Crippen LogP contribution is -2.17. The van der Waals surface area contributed by atoms with Gasteiger partial charge in [0.2, 0.25) is 5.13 Å². The maximum Gasteiger partial charge on any atom is 0.416 e. The van der Waals surface area contributed by atoms with Crippen molar-refractivity contribution in [3.05, 3.63) is 75.7 Å². The lowest BCUT2D eigenvalue weighted by Gasteiger charge is -2.07. The standard InChI is InChI=1S/C21H13F3N4O3S3/c22-21(23,24)14-3-1-2-12(8-14)10-32-20-28-27-18(34-20)25-16(29)13-6-4-11(5-7-13)9-15-17(30)26-19(31)33-15/h1-9H,10H2,(H,25,27,29)(H,26,30,31)/b15-9+. The second-order valence-electron chi connectivity index (χ2n) is 6.79. The first-order valence-corrected chi connectivity index (χ1v) is 12.1. The van der Waals surface area contributed by atoms with Crippen LogP contribution in [0.2, 0.25) is 0 Å². The van der Waals surface area contributed by atoms with Crippen LogP contribution in [0.3, 0.4) is 0 Å². The van der Waals surface area contributed by atoms with E-state index in [4.69, 9.17) is 0 Å². The molecule has 1 aromatic heterocycles. The first-order chi connectivity index (χ1) is 16.2. The maximum absolute atomic E-state index is 12.8. The third kappa shape index (κ3) is 6.04. The quantitative estimate of drug-likeness (QED) is 0.253. The van der Waals surface area contributed by atoms with Crippen molar-refractivity contribution in [2.45, 2.75) is 16.3 Å². The van der Waals surface area contributed by atoms with E-state index in [1.807, 2.05) is 0 Å². The fourth-order valence-corrected chi connectivity index (χ4v) is 5.15. The number of amides is 3. The van der Waals surface area contributed by atoms with Crippen molar-refractivity contribution >= 4 is 63.1 Å². The van der Waals surface area contributed by atoms with Crippen molar-refractivity contribution in [2.24, 2.45) is 0 Å². The number of nitrogens with zero attached hydrogens (tertiary/aromatic N) is 2. The summed E-state index contributed by atoms with van der Waals surface area (Å²) in [4.78, 5) is 35.6. The number of carbonyl (C=O) groups is 3. The van der Waals surface area contributed by atoms with Gasteiger partial charge in [-0.25, -0.2) is 0 Å². The zero-order valence-corrected chi connectivity index (χ0v) is 19.3. The van der Waals surface area contributed by atoms with E-state index >= 15 is 0 Å². The number of hydrogen-bond acceptors (Lipinski definition) is 8. The molecule has 3 aromatic rings. The van der Waals surface area contributed by atoms with Crippen molar-refractivity contribution in [1.29, 1.82) is 0 Å². The van der Waals surface area contributed by atoms with E-state index < -0.39 is 28.8 Å². The molecule has 1 aliphatic heterocycles. The number of benzene rings is 2. The molecule has 0 bridgehead atoms. The van der Waals surface area contributed by atoms with Crippen LogP contribution in [0.5, 0.6) is 0 Å². The summed E-state index contributed by atoms with van der Waals surface area (Å²) in [6, 6.07) is 11.4. The third-order valence-electron chi connectivity index (χ3n) is 4.36. The Morgan fingerprint density at radius 1 is 1.12 bits per heavy atom. The smallest absolute Gasteiger partial charge is 0.296 e. The van der Waals surface area contributed by atoms with Crippen LogP contribution in [0.1, 0.15) is 27.0 Å². The summed E-state index contributed by atoms with van der Waals surface area (Å²) in [7, 11) is 0.